The van der Waals surface area contributed by atoms with Crippen LogP contribution in [-0.2, 0) is 19.1 Å². The van der Waals surface area contributed by atoms with Crippen molar-refractivity contribution in [3.8, 4) is 27.6 Å². The van der Waals surface area contributed by atoms with Crippen molar-refractivity contribution in [2.75, 3.05) is 39.2 Å². The number of hydrogen-bond donors (Lipinski definition) is 4. The first-order chi connectivity index (χ1) is 30.2. The topological polar surface area (TPSA) is 184 Å². The lowest BCUT2D eigenvalue weighted by Crippen LogP contribution is -2.58. The smallest absolute Gasteiger partial charge is 0.274 e. The highest BCUT2D eigenvalue weighted by molar-refractivity contribution is 7.13. The van der Waals surface area contributed by atoms with Gasteiger partial charge >= 0.3 is 0 Å². The summed E-state index contributed by atoms with van der Waals surface area (Å²) in [6.07, 6.45) is 4.14. The average molecular weight is 876 g/mol. The number of amides is 4. The average Bonchev–Trinajstić information content (AvgIpc) is 4.08. The van der Waals surface area contributed by atoms with Gasteiger partial charge < -0.3 is 30.3 Å². The number of ether oxygens (including phenoxy) is 2. The van der Waals surface area contributed by atoms with E-state index in [1.54, 1.807) is 53.8 Å². The van der Waals surface area contributed by atoms with Gasteiger partial charge in [0.2, 0.25) is 17.7 Å². The molecule has 2 fully saturated rings. The number of pyridine rings is 1. The molecule has 7 rings (SSSR count). The number of H-pyrrole nitrogens is 1. The lowest BCUT2D eigenvalue weighted by Gasteiger charge is -2.38. The summed E-state index contributed by atoms with van der Waals surface area (Å²) in [6, 6.07) is 19.2. The summed E-state index contributed by atoms with van der Waals surface area (Å²) >= 11 is 1.60. The molecule has 2 aliphatic rings. The van der Waals surface area contributed by atoms with Crippen LogP contribution in [0.1, 0.15) is 92.8 Å². The van der Waals surface area contributed by atoms with E-state index in [-0.39, 0.29) is 54.1 Å². The number of rotatable bonds is 14. The first-order valence-electron chi connectivity index (χ1n) is 21.4. The molecule has 0 spiro atoms. The van der Waals surface area contributed by atoms with Crippen molar-refractivity contribution in [2.24, 2.45) is 5.41 Å². The first-order valence-corrected chi connectivity index (χ1v) is 22.3. The quantitative estimate of drug-likeness (QED) is 0.0935. The molecule has 4 N–H and O–H groups in total. The number of aromatic amines is 1. The zero-order valence-corrected chi connectivity index (χ0v) is 37.8. The number of benzene rings is 2. The Hall–Kier alpha value is -5.97. The molecule has 2 aromatic carbocycles. The third-order valence-corrected chi connectivity index (χ3v) is 12.9. The molecular weight excluding hydrogens is 819 g/mol. The molecule has 16 heteroatoms. The number of nitrogens with one attached hydrogen (secondary N) is 4. The lowest BCUT2D eigenvalue weighted by molar-refractivity contribution is -0.145. The van der Waals surface area contributed by atoms with E-state index < -0.39 is 17.5 Å². The molecule has 2 aliphatic heterocycles. The molecule has 5 atom stereocenters. The molecule has 3 aromatic heterocycles. The number of likely N-dealkylation sites (tertiary alicyclic amines) is 2. The van der Waals surface area contributed by atoms with Gasteiger partial charge in [-0.05, 0) is 99.0 Å². The summed E-state index contributed by atoms with van der Waals surface area (Å²) in [5.41, 5.74) is 7.36. The molecule has 0 saturated carbocycles. The maximum Gasteiger partial charge on any atom is 0.274 e. The SMILES string of the molecule is COc1cc([C@@H]2CC[C@H](OCC(=O)N[C@H](C(=O)N3CCC[C@H]3C(=O)N[C@@H](C)c3ccc(-c4scnc4C)cc3)C(C)(C)C)CN2C)ccc1NC(=O)c1cccc(-c2ccn[nH]2)n1. The van der Waals surface area contributed by atoms with Crippen LogP contribution >= 0.6 is 11.3 Å². The summed E-state index contributed by atoms with van der Waals surface area (Å²) in [7, 11) is 3.58. The van der Waals surface area contributed by atoms with Crippen molar-refractivity contribution in [1.29, 1.82) is 0 Å². The van der Waals surface area contributed by atoms with Gasteiger partial charge in [0, 0.05) is 25.3 Å². The largest absolute Gasteiger partial charge is 0.495 e. The number of thiazole rings is 1. The van der Waals surface area contributed by atoms with Crippen molar-refractivity contribution in [2.45, 2.75) is 90.6 Å². The maximum absolute atomic E-state index is 14.2. The second-order valence-electron chi connectivity index (χ2n) is 17.4. The highest BCUT2D eigenvalue weighted by Gasteiger charge is 2.42. The van der Waals surface area contributed by atoms with Crippen molar-refractivity contribution in [1.82, 2.24) is 40.6 Å². The number of methoxy groups -OCH3 is 1. The Morgan fingerprint density at radius 2 is 1.79 bits per heavy atom. The van der Waals surface area contributed by atoms with E-state index in [1.165, 1.54) is 0 Å². The van der Waals surface area contributed by atoms with Gasteiger partial charge in [0.05, 0.1) is 52.4 Å². The van der Waals surface area contributed by atoms with Crippen molar-refractivity contribution in [3.05, 3.63) is 101 Å². The van der Waals surface area contributed by atoms with E-state index in [2.05, 4.69) is 41.0 Å². The van der Waals surface area contributed by atoms with Crippen LogP contribution in [0.3, 0.4) is 0 Å². The number of aromatic nitrogens is 4. The third kappa shape index (κ3) is 10.6. The summed E-state index contributed by atoms with van der Waals surface area (Å²) in [5, 5.41) is 15.8. The van der Waals surface area contributed by atoms with Crippen LogP contribution in [0.5, 0.6) is 5.75 Å². The summed E-state index contributed by atoms with van der Waals surface area (Å²) in [4.78, 5) is 68.3. The van der Waals surface area contributed by atoms with Crippen LogP contribution in [0.2, 0.25) is 0 Å². The Morgan fingerprint density at radius 1 is 1.00 bits per heavy atom. The van der Waals surface area contributed by atoms with Crippen molar-refractivity contribution in [3.63, 3.8) is 0 Å². The minimum atomic E-state index is -0.855. The molecule has 0 radical (unpaired) electrons. The third-order valence-electron chi connectivity index (χ3n) is 11.9. The zero-order chi connectivity index (χ0) is 44.8. The normalized spacial score (nSPS) is 19.0. The first kappa shape index (κ1) is 45.1. The summed E-state index contributed by atoms with van der Waals surface area (Å²) in [6.45, 7) is 10.5. The van der Waals surface area contributed by atoms with E-state index in [9.17, 15) is 19.2 Å². The van der Waals surface area contributed by atoms with Gasteiger partial charge in [-0.2, -0.15) is 5.10 Å². The number of anilines is 1. The fraction of sp³-hybridized carbons (Fsp3) is 0.426. The predicted octanol–water partition coefficient (Wildman–Crippen LogP) is 6.72. The lowest BCUT2D eigenvalue weighted by atomic mass is 9.85. The molecule has 0 bridgehead atoms. The van der Waals surface area contributed by atoms with Crippen LogP contribution in [-0.4, -0.2) is 106 Å². The molecule has 332 valence electrons. The maximum atomic E-state index is 14.2. The van der Waals surface area contributed by atoms with Crippen LogP contribution < -0.4 is 20.7 Å². The Morgan fingerprint density at radius 3 is 2.48 bits per heavy atom. The summed E-state index contributed by atoms with van der Waals surface area (Å²) in [5.74, 6) is -0.710. The number of carbonyl (C=O) groups is 4. The van der Waals surface area contributed by atoms with Crippen LogP contribution in [0.15, 0.2) is 78.4 Å². The van der Waals surface area contributed by atoms with Gasteiger partial charge in [-0.15, -0.1) is 11.3 Å². The number of piperidine rings is 1. The Balaban J connectivity index is 0.902. The monoisotopic (exact) mass is 875 g/mol. The minimum Gasteiger partial charge on any atom is -0.495 e. The molecule has 4 amide bonds. The highest BCUT2D eigenvalue weighted by Crippen LogP contribution is 2.36. The molecule has 0 aliphatic carbocycles. The standard InChI is InChI=1S/C47H57N9O6S/c1-28(30-13-15-31(16-14-30)42-29(2)48-27-63-42)50-45(59)39-12-9-23-56(39)46(60)43(47(3,4)5)53-41(57)26-62-33-18-20-38(55(6)25-33)32-17-19-36(40(24-32)61-7)52-44(58)37-11-8-10-34(51-37)35-21-22-49-54-35/h8,10-11,13-17,19,21-22,24,27-28,33,38-39,43H,9,12,18,20,23,25-26H2,1-7H3,(H,49,54)(H,50,59)(H,52,58)(H,53,57)/t28-,33-,38-,39-,43+/m0/s1. The molecule has 5 heterocycles. The zero-order valence-electron chi connectivity index (χ0n) is 36.9. The second-order valence-corrected chi connectivity index (χ2v) is 18.3. The van der Waals surface area contributed by atoms with E-state index in [4.69, 9.17) is 9.47 Å². The molecular formula is C47H57N9O6S. The minimum absolute atomic E-state index is 0.0561. The van der Waals surface area contributed by atoms with Crippen LogP contribution in [0, 0.1) is 12.3 Å². The molecule has 0 unspecified atom stereocenters. The second kappa shape index (κ2) is 19.6. The van der Waals surface area contributed by atoms with E-state index in [0.717, 1.165) is 33.7 Å². The van der Waals surface area contributed by atoms with Crippen molar-refractivity contribution < 1.29 is 28.7 Å². The highest BCUT2D eigenvalue weighted by atomic mass is 32.1. The molecule has 5 aromatic rings. The Bertz CT molecular complexity index is 2400. The fourth-order valence-electron chi connectivity index (χ4n) is 8.38. The molecule has 63 heavy (non-hydrogen) atoms. The number of likely N-dealkylation sites (N-methyl/N-ethyl adjacent to an activating group) is 1. The summed E-state index contributed by atoms with van der Waals surface area (Å²) < 4.78 is 11.9. The van der Waals surface area contributed by atoms with Gasteiger partial charge in [0.1, 0.15) is 30.1 Å². The number of hydrogen-bond acceptors (Lipinski definition) is 11. The van der Waals surface area contributed by atoms with Gasteiger partial charge in [0.25, 0.3) is 5.91 Å². The van der Waals surface area contributed by atoms with Crippen LogP contribution in [0.25, 0.3) is 21.8 Å². The van der Waals surface area contributed by atoms with Gasteiger partial charge in [-0.25, -0.2) is 9.97 Å². The molecule has 2 saturated heterocycles. The fourth-order valence-corrected chi connectivity index (χ4v) is 9.20. The predicted molar refractivity (Wildman–Crippen MR) is 242 cm³/mol. The number of aryl methyl sites for hydroxylation is 1. The van der Waals surface area contributed by atoms with Gasteiger partial charge in [-0.1, -0.05) is 57.2 Å². The number of nitrogens with zero attached hydrogens (tertiary/aromatic N) is 5. The van der Waals surface area contributed by atoms with E-state index in [1.807, 2.05) is 89.6 Å². The van der Waals surface area contributed by atoms with Crippen LogP contribution in [0.4, 0.5) is 5.69 Å². The molecule has 15 nitrogen and oxygen atoms in total. The van der Waals surface area contributed by atoms with Gasteiger partial charge in [0.15, 0.2) is 0 Å². The van der Waals surface area contributed by atoms with E-state index in [0.29, 0.717) is 55.2 Å². The Kier molecular flexibility index (Phi) is 14.0. The Labute approximate surface area is 372 Å². The number of carbonyl (C=O) groups excluding carboxylic acids is 4. The van der Waals surface area contributed by atoms with Crippen molar-refractivity contribution >= 4 is 40.7 Å². The van der Waals surface area contributed by atoms with E-state index >= 15 is 0 Å². The van der Waals surface area contributed by atoms with Gasteiger partial charge in [-0.3, -0.25) is 29.2 Å².